The van der Waals surface area contributed by atoms with Crippen molar-refractivity contribution in [2.24, 2.45) is 0 Å². The van der Waals surface area contributed by atoms with Crippen LogP contribution < -0.4 is 0 Å². The number of rotatable bonds is 2. The Bertz CT molecular complexity index is 623. The summed E-state index contributed by atoms with van der Waals surface area (Å²) < 4.78 is 0. The first-order chi connectivity index (χ1) is 9.39. The lowest BCUT2D eigenvalue weighted by molar-refractivity contribution is -0.144. The second-order valence-corrected chi connectivity index (χ2v) is 4.50. The second-order valence-electron chi connectivity index (χ2n) is 4.50. The summed E-state index contributed by atoms with van der Waals surface area (Å²) in [6.07, 6.45) is 4.42. The second kappa shape index (κ2) is 5.32. The van der Waals surface area contributed by atoms with Gasteiger partial charge >= 0.3 is 0 Å². The highest BCUT2D eigenvalue weighted by molar-refractivity contribution is 6.00. The summed E-state index contributed by atoms with van der Waals surface area (Å²) in [5, 5.41) is 38.0. The van der Waals surface area contributed by atoms with E-state index in [0.717, 1.165) is 12.2 Å². The van der Waals surface area contributed by atoms with Crippen LogP contribution in [0.3, 0.4) is 0 Å². The molecule has 1 aromatic rings. The average Bonchev–Trinajstić information content (AvgIpc) is 2.36. The number of ketones is 1. The van der Waals surface area contributed by atoms with Crippen LogP contribution in [0.5, 0.6) is 5.75 Å². The summed E-state index contributed by atoms with van der Waals surface area (Å²) in [6, 6.07) is 6.54. The number of aliphatic hydroxyl groups is 3. The number of carbonyl (C=O) groups excluding carboxylic acids is 1. The molecule has 0 aliphatic heterocycles. The molecule has 5 nitrogen and oxygen atoms in total. The number of benzene rings is 1. The molecule has 0 atom stereocenters. The SMILES string of the molecule is O=C1CC(O)(O)C=C/C1=C(/O)C=Cc1ccccc1O. The largest absolute Gasteiger partial charge is 0.507 e. The van der Waals surface area contributed by atoms with Gasteiger partial charge in [-0.25, -0.2) is 0 Å². The van der Waals surface area contributed by atoms with E-state index in [2.05, 4.69) is 0 Å². The van der Waals surface area contributed by atoms with Crippen molar-refractivity contribution in [3.63, 3.8) is 0 Å². The third-order valence-corrected chi connectivity index (χ3v) is 2.87. The number of phenols is 1. The van der Waals surface area contributed by atoms with Gasteiger partial charge in [-0.1, -0.05) is 18.2 Å². The fourth-order valence-corrected chi connectivity index (χ4v) is 1.82. The minimum Gasteiger partial charge on any atom is -0.507 e. The summed E-state index contributed by atoms with van der Waals surface area (Å²) in [4.78, 5) is 11.7. The van der Waals surface area contributed by atoms with Gasteiger partial charge in [-0.3, -0.25) is 4.79 Å². The highest BCUT2D eigenvalue weighted by Crippen LogP contribution is 2.23. The van der Waals surface area contributed by atoms with Gasteiger partial charge < -0.3 is 20.4 Å². The first-order valence-corrected chi connectivity index (χ1v) is 5.95. The summed E-state index contributed by atoms with van der Waals surface area (Å²) in [7, 11) is 0. The van der Waals surface area contributed by atoms with Crippen LogP contribution in [0.1, 0.15) is 12.0 Å². The van der Waals surface area contributed by atoms with E-state index >= 15 is 0 Å². The Morgan fingerprint density at radius 3 is 2.60 bits per heavy atom. The number of para-hydroxylation sites is 1. The Balaban J connectivity index is 2.28. The van der Waals surface area contributed by atoms with Crippen molar-refractivity contribution in [3.8, 4) is 5.75 Å². The van der Waals surface area contributed by atoms with Crippen molar-refractivity contribution < 1.29 is 25.2 Å². The lowest BCUT2D eigenvalue weighted by Gasteiger charge is -2.21. The van der Waals surface area contributed by atoms with Crippen LogP contribution in [-0.4, -0.2) is 32.0 Å². The van der Waals surface area contributed by atoms with E-state index in [1.54, 1.807) is 18.2 Å². The van der Waals surface area contributed by atoms with Crippen LogP contribution in [-0.2, 0) is 4.79 Å². The standard InChI is InChI=1S/C15H14O5/c16-12-4-2-1-3-10(12)5-6-13(17)11-7-8-15(19,20)9-14(11)18/h1-8,16-17,19-20H,9H2/b6-5?,13-11-. The lowest BCUT2D eigenvalue weighted by Crippen LogP contribution is -2.32. The molecule has 1 aromatic carbocycles. The first-order valence-electron chi connectivity index (χ1n) is 5.95. The quantitative estimate of drug-likeness (QED) is 0.371. The van der Waals surface area contributed by atoms with E-state index in [-0.39, 0.29) is 17.1 Å². The predicted molar refractivity (Wildman–Crippen MR) is 72.7 cm³/mol. The molecule has 0 aromatic heterocycles. The van der Waals surface area contributed by atoms with E-state index in [9.17, 15) is 25.2 Å². The minimum atomic E-state index is -2.16. The molecule has 0 amide bonds. The van der Waals surface area contributed by atoms with Crippen LogP contribution in [0.4, 0.5) is 0 Å². The van der Waals surface area contributed by atoms with Gasteiger partial charge in [0.05, 0.1) is 12.0 Å². The van der Waals surface area contributed by atoms with E-state index in [0.29, 0.717) is 5.56 Å². The fraction of sp³-hybridized carbons (Fsp3) is 0.133. The molecule has 20 heavy (non-hydrogen) atoms. The van der Waals surface area contributed by atoms with E-state index in [1.165, 1.54) is 18.2 Å². The van der Waals surface area contributed by atoms with Crippen molar-refractivity contribution in [1.29, 1.82) is 0 Å². The molecule has 0 fully saturated rings. The Labute approximate surface area is 115 Å². The molecule has 1 aliphatic carbocycles. The molecule has 0 bridgehead atoms. The molecular formula is C15H14O5. The van der Waals surface area contributed by atoms with Gasteiger partial charge in [0.1, 0.15) is 11.5 Å². The Morgan fingerprint density at radius 2 is 1.95 bits per heavy atom. The number of carbonyl (C=O) groups is 1. The number of allylic oxidation sites excluding steroid dienone is 3. The Morgan fingerprint density at radius 1 is 1.25 bits per heavy atom. The monoisotopic (exact) mass is 274 g/mol. The summed E-state index contributed by atoms with van der Waals surface area (Å²) in [5.74, 6) is -2.99. The van der Waals surface area contributed by atoms with Crippen LogP contribution >= 0.6 is 0 Å². The Hall–Kier alpha value is -2.37. The smallest absolute Gasteiger partial charge is 0.190 e. The summed E-state index contributed by atoms with van der Waals surface area (Å²) >= 11 is 0. The van der Waals surface area contributed by atoms with Gasteiger partial charge in [0.2, 0.25) is 0 Å². The van der Waals surface area contributed by atoms with Gasteiger partial charge in [-0.05, 0) is 30.4 Å². The van der Waals surface area contributed by atoms with Crippen molar-refractivity contribution in [3.05, 3.63) is 59.4 Å². The maximum atomic E-state index is 11.7. The van der Waals surface area contributed by atoms with E-state index < -0.39 is 18.0 Å². The molecule has 0 radical (unpaired) electrons. The molecule has 0 unspecified atom stereocenters. The number of hydrogen-bond acceptors (Lipinski definition) is 5. The fourth-order valence-electron chi connectivity index (χ4n) is 1.82. The highest BCUT2D eigenvalue weighted by atomic mass is 16.5. The number of phenolic OH excluding ortho intramolecular Hbond substituents is 1. The zero-order valence-corrected chi connectivity index (χ0v) is 10.5. The lowest BCUT2D eigenvalue weighted by atomic mass is 9.94. The predicted octanol–water partition coefficient (Wildman–Crippen LogP) is 1.43. The van der Waals surface area contributed by atoms with Gasteiger partial charge in [0.25, 0.3) is 0 Å². The number of hydrogen-bond donors (Lipinski definition) is 4. The van der Waals surface area contributed by atoms with Crippen LogP contribution in [0.15, 0.2) is 53.8 Å². The summed E-state index contributed by atoms with van der Waals surface area (Å²) in [6.45, 7) is 0. The van der Waals surface area contributed by atoms with Crippen LogP contribution in [0, 0.1) is 0 Å². The number of aliphatic hydroxyl groups excluding tert-OH is 1. The highest BCUT2D eigenvalue weighted by Gasteiger charge is 2.30. The van der Waals surface area contributed by atoms with Gasteiger partial charge in [-0.15, -0.1) is 0 Å². The van der Waals surface area contributed by atoms with Gasteiger partial charge in [-0.2, -0.15) is 0 Å². The molecule has 0 saturated carbocycles. The van der Waals surface area contributed by atoms with Gasteiger partial charge in [0.15, 0.2) is 11.6 Å². The zero-order valence-electron chi connectivity index (χ0n) is 10.5. The Kier molecular flexibility index (Phi) is 3.74. The molecule has 104 valence electrons. The van der Waals surface area contributed by atoms with Crippen molar-refractivity contribution in [2.75, 3.05) is 0 Å². The van der Waals surface area contributed by atoms with Crippen LogP contribution in [0.2, 0.25) is 0 Å². The average molecular weight is 274 g/mol. The molecule has 2 rings (SSSR count). The molecule has 1 aliphatic rings. The third kappa shape index (κ3) is 3.14. The molecule has 4 N–H and O–H groups in total. The number of aromatic hydroxyl groups is 1. The van der Waals surface area contributed by atoms with Crippen molar-refractivity contribution in [1.82, 2.24) is 0 Å². The minimum absolute atomic E-state index is 0.00426. The van der Waals surface area contributed by atoms with E-state index in [1.807, 2.05) is 0 Å². The maximum Gasteiger partial charge on any atom is 0.190 e. The van der Waals surface area contributed by atoms with Crippen molar-refractivity contribution in [2.45, 2.75) is 12.2 Å². The zero-order chi connectivity index (χ0) is 14.8. The first kappa shape index (κ1) is 14.0. The normalized spacial score (nSPS) is 20.4. The van der Waals surface area contributed by atoms with E-state index in [4.69, 9.17) is 0 Å². The number of Topliss-reactive ketones (excluding diaryl/α,β-unsaturated/α-hetero) is 1. The summed E-state index contributed by atoms with van der Waals surface area (Å²) in [5.41, 5.74) is 0.487. The molecule has 0 heterocycles. The molecule has 0 spiro atoms. The van der Waals surface area contributed by atoms with Gasteiger partial charge in [0, 0.05) is 5.56 Å². The topological polar surface area (TPSA) is 98.0 Å². The molecule has 0 saturated heterocycles. The van der Waals surface area contributed by atoms with Crippen molar-refractivity contribution >= 4 is 11.9 Å². The maximum absolute atomic E-state index is 11.7. The molecular weight excluding hydrogens is 260 g/mol. The molecule has 5 heteroatoms. The third-order valence-electron chi connectivity index (χ3n) is 2.87. The van der Waals surface area contributed by atoms with Crippen LogP contribution in [0.25, 0.3) is 6.08 Å².